The van der Waals surface area contributed by atoms with E-state index in [-0.39, 0.29) is 29.9 Å². The van der Waals surface area contributed by atoms with Crippen molar-refractivity contribution in [3.05, 3.63) is 0 Å². The third-order valence-electron chi connectivity index (χ3n) is 5.25. The molecule has 3 rings (SSSR count). The third-order valence-corrected chi connectivity index (χ3v) is 5.25. The molecule has 0 aromatic rings. The van der Waals surface area contributed by atoms with Crippen LogP contribution in [0.25, 0.3) is 0 Å². The van der Waals surface area contributed by atoms with Crippen LogP contribution < -0.4 is 0 Å². The van der Waals surface area contributed by atoms with Crippen molar-refractivity contribution >= 4 is 11.8 Å². The lowest BCUT2D eigenvalue weighted by Crippen LogP contribution is -2.47. The van der Waals surface area contributed by atoms with Crippen molar-refractivity contribution in [1.82, 2.24) is 9.80 Å². The lowest BCUT2D eigenvalue weighted by molar-refractivity contribution is -0.144. The van der Waals surface area contributed by atoms with Crippen LogP contribution in [0.1, 0.15) is 52.4 Å². The van der Waals surface area contributed by atoms with Crippen LogP contribution in [0.3, 0.4) is 0 Å². The molecule has 0 unspecified atom stereocenters. The highest BCUT2D eigenvalue weighted by Crippen LogP contribution is 2.34. The lowest BCUT2D eigenvalue weighted by atomic mass is 10.1. The van der Waals surface area contributed by atoms with Crippen molar-refractivity contribution in [3.63, 3.8) is 0 Å². The number of rotatable bonds is 6. The summed E-state index contributed by atoms with van der Waals surface area (Å²) in [6.07, 6.45) is 5.96. The Hall–Kier alpha value is -1.10. The van der Waals surface area contributed by atoms with E-state index in [1.165, 1.54) is 0 Å². The third kappa shape index (κ3) is 4.06. The molecule has 2 heterocycles. The molecule has 0 aromatic heterocycles. The van der Waals surface area contributed by atoms with Gasteiger partial charge in [0.05, 0.1) is 6.10 Å². The summed E-state index contributed by atoms with van der Waals surface area (Å²) in [6.45, 7) is 7.39. The summed E-state index contributed by atoms with van der Waals surface area (Å²) in [7, 11) is 0. The first-order valence-corrected chi connectivity index (χ1v) is 9.27. The van der Waals surface area contributed by atoms with Gasteiger partial charge in [0.25, 0.3) is 0 Å². The maximum Gasteiger partial charge on any atom is 0.245 e. The van der Waals surface area contributed by atoms with Gasteiger partial charge in [-0.2, -0.15) is 0 Å². The Balaban J connectivity index is 1.49. The van der Waals surface area contributed by atoms with Gasteiger partial charge in [0.2, 0.25) is 11.8 Å². The van der Waals surface area contributed by atoms with Gasteiger partial charge in [-0.15, -0.1) is 0 Å². The summed E-state index contributed by atoms with van der Waals surface area (Å²) in [4.78, 5) is 28.9. The molecular formula is C18H30N2O3. The first kappa shape index (κ1) is 16.7. The molecule has 23 heavy (non-hydrogen) atoms. The maximum atomic E-state index is 12.8. The zero-order chi connectivity index (χ0) is 16.4. The summed E-state index contributed by atoms with van der Waals surface area (Å²) in [6, 6.07) is -0.211. The number of hydrogen-bond acceptors (Lipinski definition) is 3. The monoisotopic (exact) mass is 322 g/mol. The number of carbonyl (C=O) groups is 2. The van der Waals surface area contributed by atoms with Gasteiger partial charge in [0, 0.05) is 32.2 Å². The number of amides is 2. The maximum absolute atomic E-state index is 12.8. The highest BCUT2D eigenvalue weighted by molar-refractivity contribution is 5.90. The molecule has 0 aromatic carbocycles. The van der Waals surface area contributed by atoms with Gasteiger partial charge in [-0.25, -0.2) is 0 Å². The molecule has 2 aliphatic heterocycles. The Labute approximate surface area is 139 Å². The van der Waals surface area contributed by atoms with Gasteiger partial charge >= 0.3 is 0 Å². The second-order valence-corrected chi connectivity index (χ2v) is 7.71. The van der Waals surface area contributed by atoms with Crippen LogP contribution in [0.2, 0.25) is 0 Å². The molecule has 3 aliphatic rings. The molecule has 0 N–H and O–H groups in total. The van der Waals surface area contributed by atoms with Crippen LogP contribution in [-0.2, 0) is 14.3 Å². The minimum absolute atomic E-state index is 0.145. The molecule has 2 atom stereocenters. The fourth-order valence-electron chi connectivity index (χ4n) is 3.60. The standard InChI is InChI=1S/C18H30N2O3/c1-13(2)8-11-23-15-7-10-19(12-15)18(22)16-4-3-9-20(16)17(21)14-5-6-14/h13-16H,3-12H2,1-2H3/t15-,16-/m1/s1. The van der Waals surface area contributed by atoms with Gasteiger partial charge in [-0.3, -0.25) is 9.59 Å². The molecule has 1 aliphatic carbocycles. The van der Waals surface area contributed by atoms with Crippen LogP contribution in [0.15, 0.2) is 0 Å². The molecule has 3 fully saturated rings. The molecule has 5 nitrogen and oxygen atoms in total. The average molecular weight is 322 g/mol. The fourth-order valence-corrected chi connectivity index (χ4v) is 3.60. The molecule has 5 heteroatoms. The van der Waals surface area contributed by atoms with E-state index in [0.717, 1.165) is 58.2 Å². The topological polar surface area (TPSA) is 49.9 Å². The molecule has 0 radical (unpaired) electrons. The Kier molecular flexibility index (Phi) is 5.24. The van der Waals surface area contributed by atoms with Crippen LogP contribution in [-0.4, -0.2) is 60.0 Å². The predicted molar refractivity (Wildman–Crippen MR) is 87.9 cm³/mol. The fraction of sp³-hybridized carbons (Fsp3) is 0.889. The Morgan fingerprint density at radius 2 is 1.87 bits per heavy atom. The first-order chi connectivity index (χ1) is 11.1. The largest absolute Gasteiger partial charge is 0.376 e. The van der Waals surface area contributed by atoms with Gasteiger partial charge in [-0.1, -0.05) is 13.8 Å². The second-order valence-electron chi connectivity index (χ2n) is 7.71. The minimum Gasteiger partial charge on any atom is -0.376 e. The Morgan fingerprint density at radius 1 is 1.09 bits per heavy atom. The minimum atomic E-state index is -0.211. The van der Waals surface area contributed by atoms with Crippen LogP contribution in [0, 0.1) is 11.8 Å². The van der Waals surface area contributed by atoms with E-state index in [2.05, 4.69) is 13.8 Å². The van der Waals surface area contributed by atoms with E-state index in [1.807, 2.05) is 9.80 Å². The van der Waals surface area contributed by atoms with E-state index in [1.54, 1.807) is 0 Å². The number of likely N-dealkylation sites (tertiary alicyclic amines) is 2. The normalized spacial score (nSPS) is 28.0. The van der Waals surface area contributed by atoms with Gasteiger partial charge < -0.3 is 14.5 Å². The SMILES string of the molecule is CC(C)CCO[C@@H]1CCN(C(=O)[C@H]2CCCN2C(=O)C2CC2)C1. The highest BCUT2D eigenvalue weighted by Gasteiger charge is 2.43. The van der Waals surface area contributed by atoms with Crippen LogP contribution in [0.5, 0.6) is 0 Å². The summed E-state index contributed by atoms with van der Waals surface area (Å²) in [5.74, 6) is 1.21. The van der Waals surface area contributed by atoms with E-state index < -0.39 is 0 Å². The van der Waals surface area contributed by atoms with Gasteiger partial charge in [0.15, 0.2) is 0 Å². The highest BCUT2D eigenvalue weighted by atomic mass is 16.5. The Bertz CT molecular complexity index is 448. The van der Waals surface area contributed by atoms with E-state index >= 15 is 0 Å². The molecule has 2 saturated heterocycles. The summed E-state index contributed by atoms with van der Waals surface area (Å²) < 4.78 is 5.90. The zero-order valence-electron chi connectivity index (χ0n) is 14.5. The summed E-state index contributed by atoms with van der Waals surface area (Å²) >= 11 is 0. The lowest BCUT2D eigenvalue weighted by Gasteiger charge is -2.28. The molecule has 0 spiro atoms. The number of hydrogen-bond donors (Lipinski definition) is 0. The summed E-state index contributed by atoms with van der Waals surface area (Å²) in [5, 5.41) is 0. The van der Waals surface area contributed by atoms with Gasteiger partial charge in [0.1, 0.15) is 6.04 Å². The Morgan fingerprint density at radius 3 is 2.57 bits per heavy atom. The smallest absolute Gasteiger partial charge is 0.245 e. The number of ether oxygens (including phenoxy) is 1. The first-order valence-electron chi connectivity index (χ1n) is 9.27. The van der Waals surface area contributed by atoms with Crippen molar-refractivity contribution in [2.24, 2.45) is 11.8 Å². The molecular weight excluding hydrogens is 292 g/mol. The van der Waals surface area contributed by atoms with Gasteiger partial charge in [-0.05, 0) is 44.4 Å². The van der Waals surface area contributed by atoms with Crippen LogP contribution in [0.4, 0.5) is 0 Å². The van der Waals surface area contributed by atoms with Crippen molar-refractivity contribution in [3.8, 4) is 0 Å². The van der Waals surface area contributed by atoms with Crippen LogP contribution >= 0.6 is 0 Å². The molecule has 130 valence electrons. The average Bonchev–Trinajstić information content (AvgIpc) is 3.07. The molecule has 1 saturated carbocycles. The molecule has 2 amide bonds. The summed E-state index contributed by atoms with van der Waals surface area (Å²) in [5.41, 5.74) is 0. The molecule has 0 bridgehead atoms. The number of nitrogens with zero attached hydrogens (tertiary/aromatic N) is 2. The van der Waals surface area contributed by atoms with Crippen molar-refractivity contribution in [2.75, 3.05) is 26.2 Å². The van der Waals surface area contributed by atoms with Crippen molar-refractivity contribution < 1.29 is 14.3 Å². The van der Waals surface area contributed by atoms with Crippen molar-refractivity contribution in [1.29, 1.82) is 0 Å². The zero-order valence-corrected chi connectivity index (χ0v) is 14.5. The number of carbonyl (C=O) groups excluding carboxylic acids is 2. The van der Waals surface area contributed by atoms with E-state index in [9.17, 15) is 9.59 Å². The predicted octanol–water partition coefficient (Wildman–Crippen LogP) is 2.05. The second kappa shape index (κ2) is 7.20. The van der Waals surface area contributed by atoms with Crippen molar-refractivity contribution in [2.45, 2.75) is 64.5 Å². The van der Waals surface area contributed by atoms with E-state index in [0.29, 0.717) is 12.5 Å². The van der Waals surface area contributed by atoms with E-state index in [4.69, 9.17) is 4.74 Å². The quantitative estimate of drug-likeness (QED) is 0.752.